The van der Waals surface area contributed by atoms with Crippen LogP contribution in [-0.2, 0) is 6.54 Å². The van der Waals surface area contributed by atoms with Gasteiger partial charge in [0.05, 0.1) is 0 Å². The van der Waals surface area contributed by atoms with Crippen LogP contribution in [0.5, 0.6) is 5.75 Å². The average Bonchev–Trinajstić information content (AvgIpc) is 2.61. The number of aromatic hydroxyl groups is 1. The SMILES string of the molecule is CCC1CCCN(Cc2cc(F)c(O)c(F)c2)CC1. The molecule has 0 bridgehead atoms. The minimum Gasteiger partial charge on any atom is -0.503 e. The summed E-state index contributed by atoms with van der Waals surface area (Å²) in [5.74, 6) is -1.86. The van der Waals surface area contributed by atoms with E-state index in [9.17, 15) is 8.78 Å². The molecule has 0 saturated carbocycles. The summed E-state index contributed by atoms with van der Waals surface area (Å²) in [7, 11) is 0. The van der Waals surface area contributed by atoms with Crippen molar-refractivity contribution in [1.82, 2.24) is 4.90 Å². The first-order valence-electron chi connectivity index (χ1n) is 6.99. The molecule has 1 aromatic rings. The second-order valence-corrected chi connectivity index (χ2v) is 5.39. The van der Waals surface area contributed by atoms with Gasteiger partial charge in [-0.3, -0.25) is 4.90 Å². The molecule has 1 unspecified atom stereocenters. The number of hydrogen-bond donors (Lipinski definition) is 1. The molecule has 19 heavy (non-hydrogen) atoms. The zero-order chi connectivity index (χ0) is 13.8. The van der Waals surface area contributed by atoms with Crippen molar-refractivity contribution in [1.29, 1.82) is 0 Å². The molecule has 1 aliphatic heterocycles. The highest BCUT2D eigenvalue weighted by Crippen LogP contribution is 2.24. The zero-order valence-corrected chi connectivity index (χ0v) is 11.3. The summed E-state index contributed by atoms with van der Waals surface area (Å²) in [5.41, 5.74) is 0.586. The van der Waals surface area contributed by atoms with E-state index in [1.165, 1.54) is 25.0 Å². The summed E-state index contributed by atoms with van der Waals surface area (Å²) < 4.78 is 26.6. The van der Waals surface area contributed by atoms with Gasteiger partial charge in [0, 0.05) is 6.54 Å². The van der Waals surface area contributed by atoms with E-state index in [1.807, 2.05) is 0 Å². The molecule has 4 heteroatoms. The van der Waals surface area contributed by atoms with E-state index >= 15 is 0 Å². The van der Waals surface area contributed by atoms with Crippen molar-refractivity contribution < 1.29 is 13.9 Å². The maximum atomic E-state index is 13.3. The molecule has 0 aromatic heterocycles. The van der Waals surface area contributed by atoms with E-state index in [4.69, 9.17) is 5.11 Å². The lowest BCUT2D eigenvalue weighted by Gasteiger charge is -2.20. The molecule has 2 rings (SSSR count). The first-order chi connectivity index (χ1) is 9.10. The van der Waals surface area contributed by atoms with Crippen LogP contribution in [0.25, 0.3) is 0 Å². The molecule has 0 amide bonds. The molecule has 1 heterocycles. The Bertz CT molecular complexity index is 413. The lowest BCUT2D eigenvalue weighted by molar-refractivity contribution is 0.270. The van der Waals surface area contributed by atoms with Crippen molar-refractivity contribution in [3.63, 3.8) is 0 Å². The number of phenols is 1. The van der Waals surface area contributed by atoms with Crippen LogP contribution in [0.3, 0.4) is 0 Å². The van der Waals surface area contributed by atoms with E-state index in [0.29, 0.717) is 12.1 Å². The fraction of sp³-hybridized carbons (Fsp3) is 0.600. The van der Waals surface area contributed by atoms with Crippen molar-refractivity contribution >= 4 is 0 Å². The molecular formula is C15H21F2NO. The Hall–Kier alpha value is -1.16. The number of halogens is 2. The third-order valence-corrected chi connectivity index (χ3v) is 4.00. The maximum Gasteiger partial charge on any atom is 0.187 e. The standard InChI is InChI=1S/C15H21F2NO/c1-2-11-4-3-6-18(7-5-11)10-12-8-13(16)15(19)14(17)9-12/h8-9,11,19H,2-7,10H2,1H3. The fourth-order valence-electron chi connectivity index (χ4n) is 2.76. The van der Waals surface area contributed by atoms with Gasteiger partial charge in [-0.2, -0.15) is 0 Å². The summed E-state index contributed by atoms with van der Waals surface area (Å²) in [6.45, 7) is 4.71. The van der Waals surface area contributed by atoms with Crippen molar-refractivity contribution in [2.45, 2.75) is 39.2 Å². The van der Waals surface area contributed by atoms with Gasteiger partial charge in [0.25, 0.3) is 0 Å². The second kappa shape index (κ2) is 6.33. The summed E-state index contributed by atoms with van der Waals surface area (Å²) >= 11 is 0. The highest BCUT2D eigenvalue weighted by molar-refractivity contribution is 5.30. The van der Waals surface area contributed by atoms with Crippen LogP contribution >= 0.6 is 0 Å². The van der Waals surface area contributed by atoms with Crippen LogP contribution in [0.1, 0.15) is 38.2 Å². The molecule has 0 radical (unpaired) electrons. The van der Waals surface area contributed by atoms with Crippen molar-refractivity contribution in [3.8, 4) is 5.75 Å². The number of rotatable bonds is 3. The highest BCUT2D eigenvalue weighted by atomic mass is 19.1. The second-order valence-electron chi connectivity index (χ2n) is 5.39. The molecule has 0 aliphatic carbocycles. The smallest absolute Gasteiger partial charge is 0.187 e. The molecule has 1 atom stereocenters. The molecule has 1 saturated heterocycles. The van der Waals surface area contributed by atoms with E-state index in [1.54, 1.807) is 0 Å². The van der Waals surface area contributed by atoms with Gasteiger partial charge in [0.2, 0.25) is 0 Å². The molecular weight excluding hydrogens is 248 g/mol. The van der Waals surface area contributed by atoms with Gasteiger partial charge in [0.1, 0.15) is 0 Å². The first-order valence-corrected chi connectivity index (χ1v) is 6.99. The monoisotopic (exact) mass is 269 g/mol. The quantitative estimate of drug-likeness (QED) is 0.904. The van der Waals surface area contributed by atoms with Gasteiger partial charge in [-0.05, 0) is 56.0 Å². The molecule has 2 nitrogen and oxygen atoms in total. The van der Waals surface area contributed by atoms with Gasteiger partial charge in [-0.25, -0.2) is 8.78 Å². The number of likely N-dealkylation sites (tertiary alicyclic amines) is 1. The third-order valence-electron chi connectivity index (χ3n) is 4.00. The highest BCUT2D eigenvalue weighted by Gasteiger charge is 2.17. The number of phenolic OH excluding ortho intramolecular Hbond substituents is 1. The van der Waals surface area contributed by atoms with Crippen molar-refractivity contribution in [3.05, 3.63) is 29.3 Å². The minimum absolute atomic E-state index is 0.546. The summed E-state index contributed by atoms with van der Waals surface area (Å²) in [5, 5.41) is 9.08. The topological polar surface area (TPSA) is 23.5 Å². The Balaban J connectivity index is 2.01. The summed E-state index contributed by atoms with van der Waals surface area (Å²) in [6, 6.07) is 2.45. The molecule has 1 aliphatic rings. The van der Waals surface area contributed by atoms with E-state index in [0.717, 1.165) is 31.8 Å². The van der Waals surface area contributed by atoms with Crippen molar-refractivity contribution in [2.24, 2.45) is 5.92 Å². The summed E-state index contributed by atoms with van der Waals surface area (Å²) in [6.07, 6.45) is 4.74. The summed E-state index contributed by atoms with van der Waals surface area (Å²) in [4.78, 5) is 2.24. The predicted octanol–water partition coefficient (Wildman–Crippen LogP) is 3.68. The maximum absolute atomic E-state index is 13.3. The number of nitrogens with zero attached hydrogens (tertiary/aromatic N) is 1. The normalized spacial score (nSPS) is 21.3. The van der Waals surface area contributed by atoms with Crippen molar-refractivity contribution in [2.75, 3.05) is 13.1 Å². The van der Waals surface area contributed by atoms with Crippen LogP contribution in [0, 0.1) is 17.6 Å². The van der Waals surface area contributed by atoms with E-state index < -0.39 is 17.4 Å². The number of hydrogen-bond acceptors (Lipinski definition) is 2. The third kappa shape index (κ3) is 3.66. The lowest BCUT2D eigenvalue weighted by atomic mass is 9.98. The van der Waals surface area contributed by atoms with Gasteiger partial charge >= 0.3 is 0 Å². The Morgan fingerprint density at radius 2 is 1.89 bits per heavy atom. The van der Waals surface area contributed by atoms with Crippen LogP contribution in [0.15, 0.2) is 12.1 Å². The van der Waals surface area contributed by atoms with Gasteiger partial charge in [-0.15, -0.1) is 0 Å². The van der Waals surface area contributed by atoms with Crippen LogP contribution in [-0.4, -0.2) is 23.1 Å². The molecule has 106 valence electrons. The fourth-order valence-corrected chi connectivity index (χ4v) is 2.76. The Kier molecular flexibility index (Phi) is 4.75. The van der Waals surface area contributed by atoms with Gasteiger partial charge in [0.15, 0.2) is 17.4 Å². The average molecular weight is 269 g/mol. The zero-order valence-electron chi connectivity index (χ0n) is 11.3. The Labute approximate surface area is 113 Å². The number of benzene rings is 1. The van der Waals surface area contributed by atoms with Crippen LogP contribution < -0.4 is 0 Å². The molecule has 1 aromatic carbocycles. The van der Waals surface area contributed by atoms with Gasteiger partial charge < -0.3 is 5.11 Å². The Morgan fingerprint density at radius 3 is 2.53 bits per heavy atom. The molecule has 0 spiro atoms. The Morgan fingerprint density at radius 1 is 1.21 bits per heavy atom. The van der Waals surface area contributed by atoms with Crippen LogP contribution in [0.4, 0.5) is 8.78 Å². The molecule has 1 N–H and O–H groups in total. The predicted molar refractivity (Wildman–Crippen MR) is 70.9 cm³/mol. The minimum atomic E-state index is -0.884. The van der Waals surface area contributed by atoms with Crippen LogP contribution in [0.2, 0.25) is 0 Å². The van der Waals surface area contributed by atoms with E-state index in [2.05, 4.69) is 11.8 Å². The first kappa shape index (κ1) is 14.3. The molecule has 1 fully saturated rings. The largest absolute Gasteiger partial charge is 0.503 e. The van der Waals surface area contributed by atoms with Gasteiger partial charge in [-0.1, -0.05) is 13.3 Å². The van der Waals surface area contributed by atoms with E-state index in [-0.39, 0.29) is 0 Å². The lowest BCUT2D eigenvalue weighted by Crippen LogP contribution is -2.24.